The Morgan fingerprint density at radius 1 is 1.36 bits per heavy atom. The summed E-state index contributed by atoms with van der Waals surface area (Å²) in [7, 11) is 0. The Morgan fingerprint density at radius 2 is 2.09 bits per heavy atom. The number of halogens is 3. The maximum absolute atomic E-state index is 12.5. The van der Waals surface area contributed by atoms with Gasteiger partial charge >= 0.3 is 6.61 Å². The van der Waals surface area contributed by atoms with Crippen molar-refractivity contribution in [2.45, 2.75) is 32.5 Å². The zero-order valence-electron chi connectivity index (χ0n) is 12.0. The summed E-state index contributed by atoms with van der Waals surface area (Å²) in [5, 5.41) is 3.83. The number of rotatable bonds is 7. The number of aromatic nitrogens is 1. The maximum Gasteiger partial charge on any atom is 0.387 e. The monoisotopic (exact) mass is 349 g/mol. The second kappa shape index (κ2) is 8.87. The largest absolute Gasteiger partial charge is 0.434 e. The van der Waals surface area contributed by atoms with Crippen LogP contribution in [0.2, 0.25) is 0 Å². The lowest BCUT2D eigenvalue weighted by Crippen LogP contribution is -2.21. The quantitative estimate of drug-likeness (QED) is 0.793. The third-order valence-electron chi connectivity index (χ3n) is 3.01. The van der Waals surface area contributed by atoms with Gasteiger partial charge in [0.05, 0.1) is 0 Å². The second-order valence-electron chi connectivity index (χ2n) is 4.42. The van der Waals surface area contributed by atoms with Gasteiger partial charge in [0, 0.05) is 29.2 Å². The molecule has 1 aromatic heterocycles. The van der Waals surface area contributed by atoms with Gasteiger partial charge in [0.1, 0.15) is 5.75 Å². The van der Waals surface area contributed by atoms with E-state index in [9.17, 15) is 8.78 Å². The van der Waals surface area contributed by atoms with Gasteiger partial charge in [0.25, 0.3) is 0 Å². The van der Waals surface area contributed by atoms with Crippen molar-refractivity contribution in [1.82, 2.24) is 10.3 Å². The van der Waals surface area contributed by atoms with E-state index in [1.807, 2.05) is 13.0 Å². The van der Waals surface area contributed by atoms with E-state index in [4.69, 9.17) is 5.73 Å². The molecule has 122 valence electrons. The first-order chi connectivity index (χ1) is 10.1. The van der Waals surface area contributed by atoms with Gasteiger partial charge in [-0.1, -0.05) is 25.1 Å². The summed E-state index contributed by atoms with van der Waals surface area (Å²) in [5.74, 6) is 0.204. The summed E-state index contributed by atoms with van der Waals surface area (Å²) >= 11 is 1.40. The first-order valence-electron chi connectivity index (χ1n) is 6.57. The Hall–Kier alpha value is -1.44. The standard InChI is InChI=1S/C14H17F2N3OS.ClH/c1-2-11(18-7-9-8-19-14(17)21-9)10-5-3-4-6-12(10)20-13(15)16;/h3-6,8,11,13,18H,2,7H2,1H3,(H2,17,19);1H. The van der Waals surface area contributed by atoms with Crippen LogP contribution in [-0.2, 0) is 6.54 Å². The smallest absolute Gasteiger partial charge is 0.387 e. The Balaban J connectivity index is 0.00000242. The topological polar surface area (TPSA) is 60.2 Å². The molecule has 0 aliphatic heterocycles. The SMILES string of the molecule is CCC(NCc1cnc(N)s1)c1ccccc1OC(F)F.Cl. The molecule has 1 unspecified atom stereocenters. The van der Waals surface area contributed by atoms with Crippen molar-refractivity contribution in [2.24, 2.45) is 0 Å². The molecule has 0 aliphatic carbocycles. The van der Waals surface area contributed by atoms with Gasteiger partial charge < -0.3 is 15.8 Å². The van der Waals surface area contributed by atoms with Crippen molar-refractivity contribution in [3.8, 4) is 5.75 Å². The Kier molecular flexibility index (Phi) is 7.50. The van der Waals surface area contributed by atoms with E-state index in [0.29, 0.717) is 11.7 Å². The molecule has 0 aliphatic rings. The van der Waals surface area contributed by atoms with Crippen LogP contribution >= 0.6 is 23.7 Å². The predicted octanol–water partition coefficient (Wildman–Crippen LogP) is 3.99. The highest BCUT2D eigenvalue weighted by atomic mass is 35.5. The third kappa shape index (κ3) is 5.08. The van der Waals surface area contributed by atoms with Crippen molar-refractivity contribution in [3.63, 3.8) is 0 Å². The fourth-order valence-corrected chi connectivity index (χ4v) is 2.71. The van der Waals surface area contributed by atoms with Crippen LogP contribution in [0.1, 0.15) is 29.8 Å². The molecule has 1 atom stereocenters. The molecular formula is C14H18ClF2N3OS. The number of thiazole rings is 1. The number of nitrogens with two attached hydrogens (primary N) is 1. The highest BCUT2D eigenvalue weighted by Gasteiger charge is 2.16. The summed E-state index contributed by atoms with van der Waals surface area (Å²) in [6.07, 6.45) is 2.46. The molecule has 1 aromatic carbocycles. The van der Waals surface area contributed by atoms with Gasteiger partial charge in [-0.3, -0.25) is 0 Å². The highest BCUT2D eigenvalue weighted by molar-refractivity contribution is 7.15. The number of ether oxygens (including phenoxy) is 1. The fourth-order valence-electron chi connectivity index (χ4n) is 2.07. The molecule has 0 bridgehead atoms. The first-order valence-corrected chi connectivity index (χ1v) is 7.39. The summed E-state index contributed by atoms with van der Waals surface area (Å²) in [6, 6.07) is 6.75. The Morgan fingerprint density at radius 3 is 2.68 bits per heavy atom. The summed E-state index contributed by atoms with van der Waals surface area (Å²) in [4.78, 5) is 4.98. The lowest BCUT2D eigenvalue weighted by atomic mass is 10.0. The zero-order valence-corrected chi connectivity index (χ0v) is 13.6. The van der Waals surface area contributed by atoms with Crippen LogP contribution in [0.15, 0.2) is 30.5 Å². The zero-order chi connectivity index (χ0) is 15.2. The second-order valence-corrected chi connectivity index (χ2v) is 5.57. The number of nitrogens with one attached hydrogen (secondary N) is 1. The van der Waals surface area contributed by atoms with Crippen LogP contribution in [0.4, 0.5) is 13.9 Å². The molecule has 1 heterocycles. The fraction of sp³-hybridized carbons (Fsp3) is 0.357. The molecule has 3 N–H and O–H groups in total. The molecule has 0 saturated carbocycles. The van der Waals surface area contributed by atoms with Crippen LogP contribution in [0.3, 0.4) is 0 Å². The predicted molar refractivity (Wildman–Crippen MR) is 86.7 cm³/mol. The maximum atomic E-state index is 12.5. The minimum absolute atomic E-state index is 0. The van der Waals surface area contributed by atoms with E-state index in [2.05, 4.69) is 15.0 Å². The van der Waals surface area contributed by atoms with Crippen LogP contribution in [0.25, 0.3) is 0 Å². The van der Waals surface area contributed by atoms with Crippen LogP contribution < -0.4 is 15.8 Å². The van der Waals surface area contributed by atoms with E-state index in [1.54, 1.807) is 24.4 Å². The molecule has 0 amide bonds. The normalized spacial score (nSPS) is 12.0. The van der Waals surface area contributed by atoms with Crippen molar-refractivity contribution >= 4 is 28.9 Å². The van der Waals surface area contributed by atoms with E-state index >= 15 is 0 Å². The van der Waals surface area contributed by atoms with Gasteiger partial charge in [-0.15, -0.1) is 23.7 Å². The number of alkyl halides is 2. The lowest BCUT2D eigenvalue weighted by molar-refractivity contribution is -0.0507. The Bertz CT molecular complexity index is 583. The van der Waals surface area contributed by atoms with Crippen molar-refractivity contribution in [1.29, 1.82) is 0 Å². The number of hydrogen-bond donors (Lipinski definition) is 2. The highest BCUT2D eigenvalue weighted by Crippen LogP contribution is 2.29. The average molecular weight is 350 g/mol. The molecule has 0 radical (unpaired) electrons. The first kappa shape index (κ1) is 18.6. The molecule has 4 nitrogen and oxygen atoms in total. The number of hydrogen-bond acceptors (Lipinski definition) is 5. The van der Waals surface area contributed by atoms with Gasteiger partial charge in [-0.25, -0.2) is 4.98 Å². The number of benzene rings is 1. The van der Waals surface area contributed by atoms with Crippen molar-refractivity contribution in [2.75, 3.05) is 5.73 Å². The molecule has 0 saturated heterocycles. The summed E-state index contributed by atoms with van der Waals surface area (Å²) in [5.41, 5.74) is 6.30. The third-order valence-corrected chi connectivity index (χ3v) is 3.84. The van der Waals surface area contributed by atoms with E-state index in [1.165, 1.54) is 11.3 Å². The van der Waals surface area contributed by atoms with Gasteiger partial charge in [-0.2, -0.15) is 8.78 Å². The van der Waals surface area contributed by atoms with Crippen molar-refractivity contribution < 1.29 is 13.5 Å². The molecule has 0 fully saturated rings. The van der Waals surface area contributed by atoms with Crippen LogP contribution in [0.5, 0.6) is 5.75 Å². The molecule has 0 spiro atoms. The van der Waals surface area contributed by atoms with Gasteiger partial charge in [-0.05, 0) is 12.5 Å². The van der Waals surface area contributed by atoms with E-state index in [-0.39, 0.29) is 24.2 Å². The van der Waals surface area contributed by atoms with E-state index < -0.39 is 6.61 Å². The molecule has 8 heteroatoms. The van der Waals surface area contributed by atoms with Gasteiger partial charge in [0.2, 0.25) is 0 Å². The van der Waals surface area contributed by atoms with Crippen molar-refractivity contribution in [3.05, 3.63) is 40.9 Å². The average Bonchev–Trinajstić information content (AvgIpc) is 2.86. The van der Waals surface area contributed by atoms with Crippen LogP contribution in [0, 0.1) is 0 Å². The molecule has 22 heavy (non-hydrogen) atoms. The number of nitrogens with zero attached hydrogens (tertiary/aromatic N) is 1. The van der Waals surface area contributed by atoms with Gasteiger partial charge in [0.15, 0.2) is 5.13 Å². The number of nitrogen functional groups attached to an aromatic ring is 1. The minimum atomic E-state index is -2.83. The van der Waals surface area contributed by atoms with Crippen LogP contribution in [-0.4, -0.2) is 11.6 Å². The minimum Gasteiger partial charge on any atom is -0.434 e. The summed E-state index contributed by atoms with van der Waals surface area (Å²) < 4.78 is 29.5. The lowest BCUT2D eigenvalue weighted by Gasteiger charge is -2.20. The molecular weight excluding hydrogens is 332 g/mol. The Labute approximate surface area is 138 Å². The molecule has 2 rings (SSSR count). The molecule has 2 aromatic rings. The number of para-hydroxylation sites is 1. The summed E-state index contributed by atoms with van der Waals surface area (Å²) in [6.45, 7) is -0.265. The number of anilines is 1. The van der Waals surface area contributed by atoms with E-state index in [0.717, 1.165) is 16.9 Å².